The lowest BCUT2D eigenvalue weighted by atomic mass is 10.1. The lowest BCUT2D eigenvalue weighted by Gasteiger charge is -2.07. The van der Waals surface area contributed by atoms with Crippen molar-refractivity contribution < 1.29 is 4.79 Å². The fourth-order valence-electron chi connectivity index (χ4n) is 1.47. The first-order chi connectivity index (χ1) is 6.66. The van der Waals surface area contributed by atoms with E-state index in [-0.39, 0.29) is 5.91 Å². The van der Waals surface area contributed by atoms with Crippen molar-refractivity contribution in [2.45, 2.75) is 32.7 Å². The van der Waals surface area contributed by atoms with E-state index in [2.05, 4.69) is 5.32 Å². The highest BCUT2D eigenvalue weighted by molar-refractivity contribution is 5.96. The molecule has 1 saturated carbocycles. The fourth-order valence-corrected chi connectivity index (χ4v) is 1.47. The number of amides is 1. The molecule has 1 aromatic carbocycles. The van der Waals surface area contributed by atoms with Crippen LogP contribution >= 0.6 is 0 Å². The molecule has 0 atom stereocenters. The van der Waals surface area contributed by atoms with E-state index >= 15 is 0 Å². The van der Waals surface area contributed by atoms with Crippen LogP contribution in [0.5, 0.6) is 0 Å². The number of rotatable bonds is 2. The smallest absolute Gasteiger partial charge is 0.251 e. The standard InChI is InChI=1S/C12H15NO/c1-8-3-4-9(2)11(7-8)12(14)13-10-5-6-10/h3-4,7,10H,5-6H2,1-2H3,(H,13,14). The second-order valence-corrected chi connectivity index (χ2v) is 4.07. The summed E-state index contributed by atoms with van der Waals surface area (Å²) < 4.78 is 0. The molecular weight excluding hydrogens is 174 g/mol. The molecule has 0 unspecified atom stereocenters. The summed E-state index contributed by atoms with van der Waals surface area (Å²) in [6.07, 6.45) is 2.27. The highest BCUT2D eigenvalue weighted by atomic mass is 16.1. The van der Waals surface area contributed by atoms with Crippen molar-refractivity contribution in [2.75, 3.05) is 0 Å². The van der Waals surface area contributed by atoms with Crippen molar-refractivity contribution >= 4 is 5.91 Å². The molecule has 1 amide bonds. The Morgan fingerprint density at radius 2 is 2.07 bits per heavy atom. The SMILES string of the molecule is Cc1ccc(C)c(C(=O)NC2CC2)c1. The minimum atomic E-state index is 0.0775. The number of nitrogens with one attached hydrogen (secondary N) is 1. The predicted octanol–water partition coefficient (Wildman–Crippen LogP) is 2.20. The molecule has 0 aromatic heterocycles. The van der Waals surface area contributed by atoms with Crippen LogP contribution < -0.4 is 5.32 Å². The lowest BCUT2D eigenvalue weighted by molar-refractivity contribution is 0.0950. The van der Waals surface area contributed by atoms with E-state index in [1.165, 1.54) is 0 Å². The quantitative estimate of drug-likeness (QED) is 0.759. The van der Waals surface area contributed by atoms with Gasteiger partial charge in [0.05, 0.1) is 0 Å². The molecule has 1 fully saturated rings. The molecule has 14 heavy (non-hydrogen) atoms. The molecule has 0 radical (unpaired) electrons. The van der Waals surface area contributed by atoms with Crippen LogP contribution in [-0.4, -0.2) is 11.9 Å². The molecular formula is C12H15NO. The first-order valence-corrected chi connectivity index (χ1v) is 5.05. The van der Waals surface area contributed by atoms with Crippen molar-refractivity contribution in [3.05, 3.63) is 34.9 Å². The summed E-state index contributed by atoms with van der Waals surface area (Å²) in [6, 6.07) is 6.41. The number of carbonyl (C=O) groups excluding carboxylic acids is 1. The third-order valence-corrected chi connectivity index (χ3v) is 2.55. The van der Waals surface area contributed by atoms with Crippen molar-refractivity contribution in [1.82, 2.24) is 5.32 Å². The van der Waals surface area contributed by atoms with Crippen molar-refractivity contribution in [3.8, 4) is 0 Å². The minimum absolute atomic E-state index is 0.0775. The van der Waals surface area contributed by atoms with E-state index in [9.17, 15) is 4.79 Å². The molecule has 1 aliphatic carbocycles. The van der Waals surface area contributed by atoms with Crippen LogP contribution in [-0.2, 0) is 0 Å². The van der Waals surface area contributed by atoms with Gasteiger partial charge in [-0.2, -0.15) is 0 Å². The lowest BCUT2D eigenvalue weighted by Crippen LogP contribution is -2.26. The maximum Gasteiger partial charge on any atom is 0.251 e. The normalized spacial score (nSPS) is 15.3. The summed E-state index contributed by atoms with van der Waals surface area (Å²) in [6.45, 7) is 3.98. The number of benzene rings is 1. The molecule has 0 heterocycles. The average molecular weight is 189 g/mol. The maximum absolute atomic E-state index is 11.8. The van der Waals surface area contributed by atoms with Gasteiger partial charge < -0.3 is 5.32 Å². The Morgan fingerprint density at radius 3 is 2.71 bits per heavy atom. The van der Waals surface area contributed by atoms with E-state index in [0.29, 0.717) is 6.04 Å². The number of aryl methyl sites for hydroxylation is 2. The Bertz CT molecular complexity index is 367. The molecule has 0 spiro atoms. The second kappa shape index (κ2) is 3.45. The highest BCUT2D eigenvalue weighted by Crippen LogP contribution is 2.20. The van der Waals surface area contributed by atoms with Crippen LogP contribution in [0.15, 0.2) is 18.2 Å². The van der Waals surface area contributed by atoms with Gasteiger partial charge in [-0.1, -0.05) is 17.7 Å². The molecule has 2 heteroatoms. The topological polar surface area (TPSA) is 29.1 Å². The number of carbonyl (C=O) groups is 1. The first kappa shape index (κ1) is 9.25. The fraction of sp³-hybridized carbons (Fsp3) is 0.417. The molecule has 0 bridgehead atoms. The zero-order valence-corrected chi connectivity index (χ0v) is 8.63. The Labute approximate surface area is 84.3 Å². The third-order valence-electron chi connectivity index (χ3n) is 2.55. The molecule has 1 aromatic rings. The molecule has 0 aliphatic heterocycles. The summed E-state index contributed by atoms with van der Waals surface area (Å²) in [5.74, 6) is 0.0775. The molecule has 1 aliphatic rings. The van der Waals surface area contributed by atoms with Crippen LogP contribution in [0.2, 0.25) is 0 Å². The van der Waals surface area contributed by atoms with Gasteiger partial charge in [0.2, 0.25) is 0 Å². The summed E-state index contributed by atoms with van der Waals surface area (Å²) >= 11 is 0. The zero-order chi connectivity index (χ0) is 10.1. The van der Waals surface area contributed by atoms with Gasteiger partial charge in [-0.3, -0.25) is 4.79 Å². The van der Waals surface area contributed by atoms with Gasteiger partial charge in [0, 0.05) is 11.6 Å². The average Bonchev–Trinajstić information content (AvgIpc) is 2.93. The molecule has 1 N–H and O–H groups in total. The first-order valence-electron chi connectivity index (χ1n) is 5.05. The van der Waals surface area contributed by atoms with Gasteiger partial charge in [-0.05, 0) is 38.3 Å². The monoisotopic (exact) mass is 189 g/mol. The zero-order valence-electron chi connectivity index (χ0n) is 8.63. The van der Waals surface area contributed by atoms with Gasteiger partial charge in [0.15, 0.2) is 0 Å². The van der Waals surface area contributed by atoms with Crippen molar-refractivity contribution in [2.24, 2.45) is 0 Å². The van der Waals surface area contributed by atoms with Crippen LogP contribution in [0.4, 0.5) is 0 Å². The Kier molecular flexibility index (Phi) is 2.28. The van der Waals surface area contributed by atoms with E-state index in [0.717, 1.165) is 29.5 Å². The van der Waals surface area contributed by atoms with Gasteiger partial charge in [-0.15, -0.1) is 0 Å². The Morgan fingerprint density at radius 1 is 1.36 bits per heavy atom. The van der Waals surface area contributed by atoms with Crippen LogP contribution in [0.1, 0.15) is 34.3 Å². The van der Waals surface area contributed by atoms with Crippen molar-refractivity contribution in [1.29, 1.82) is 0 Å². The van der Waals surface area contributed by atoms with Crippen LogP contribution in [0.25, 0.3) is 0 Å². The van der Waals surface area contributed by atoms with E-state index in [1.807, 2.05) is 32.0 Å². The van der Waals surface area contributed by atoms with Gasteiger partial charge in [0.1, 0.15) is 0 Å². The van der Waals surface area contributed by atoms with E-state index < -0.39 is 0 Å². The summed E-state index contributed by atoms with van der Waals surface area (Å²) in [5, 5.41) is 3.00. The van der Waals surface area contributed by atoms with E-state index in [4.69, 9.17) is 0 Å². The van der Waals surface area contributed by atoms with Crippen LogP contribution in [0, 0.1) is 13.8 Å². The molecule has 0 saturated heterocycles. The van der Waals surface area contributed by atoms with Gasteiger partial charge in [0.25, 0.3) is 5.91 Å². The predicted molar refractivity (Wildman–Crippen MR) is 56.4 cm³/mol. The molecule has 74 valence electrons. The number of hydrogen-bond donors (Lipinski definition) is 1. The molecule has 2 rings (SSSR count). The van der Waals surface area contributed by atoms with Crippen LogP contribution in [0.3, 0.4) is 0 Å². The molecule has 2 nitrogen and oxygen atoms in total. The van der Waals surface area contributed by atoms with Gasteiger partial charge in [-0.25, -0.2) is 0 Å². The maximum atomic E-state index is 11.8. The highest BCUT2D eigenvalue weighted by Gasteiger charge is 2.24. The largest absolute Gasteiger partial charge is 0.349 e. The summed E-state index contributed by atoms with van der Waals surface area (Å²) in [7, 11) is 0. The number of hydrogen-bond acceptors (Lipinski definition) is 1. The third kappa shape index (κ3) is 1.95. The Balaban J connectivity index is 2.20. The Hall–Kier alpha value is -1.31. The summed E-state index contributed by atoms with van der Waals surface area (Å²) in [5.41, 5.74) is 3.00. The second-order valence-electron chi connectivity index (χ2n) is 4.07. The minimum Gasteiger partial charge on any atom is -0.349 e. The van der Waals surface area contributed by atoms with Gasteiger partial charge >= 0.3 is 0 Å². The van der Waals surface area contributed by atoms with E-state index in [1.54, 1.807) is 0 Å². The summed E-state index contributed by atoms with van der Waals surface area (Å²) in [4.78, 5) is 11.8. The van der Waals surface area contributed by atoms with Crippen molar-refractivity contribution in [3.63, 3.8) is 0 Å².